The van der Waals surface area contributed by atoms with E-state index in [4.69, 9.17) is 9.47 Å². The monoisotopic (exact) mass is 322 g/mol. The number of hydrogen-bond acceptors (Lipinski definition) is 6. The van der Waals surface area contributed by atoms with Crippen molar-refractivity contribution in [3.05, 3.63) is 28.3 Å². The highest BCUT2D eigenvalue weighted by molar-refractivity contribution is 5.78. The fourth-order valence-electron chi connectivity index (χ4n) is 2.95. The Bertz CT molecular complexity index is 604. The van der Waals surface area contributed by atoms with Crippen LogP contribution in [0.3, 0.4) is 0 Å². The van der Waals surface area contributed by atoms with Crippen LogP contribution in [0, 0.1) is 15.5 Å². The van der Waals surface area contributed by atoms with Crippen molar-refractivity contribution in [2.75, 3.05) is 31.7 Å². The van der Waals surface area contributed by atoms with Gasteiger partial charge in [0.2, 0.25) is 0 Å². The largest absolute Gasteiger partial charge is 0.490 e. The SMILES string of the molecule is CCOC(=O)C1(C)CCCN(c2ccc([N+](=O)[O-])c(OC)c2)C1. The zero-order valence-corrected chi connectivity index (χ0v) is 13.7. The van der Waals surface area contributed by atoms with Crippen LogP contribution in [0.5, 0.6) is 5.75 Å². The zero-order valence-electron chi connectivity index (χ0n) is 13.7. The lowest BCUT2D eigenvalue weighted by Gasteiger charge is -2.39. The molecule has 7 heteroatoms. The minimum Gasteiger partial charge on any atom is -0.490 e. The lowest BCUT2D eigenvalue weighted by Crippen LogP contribution is -2.46. The third-order valence-corrected chi connectivity index (χ3v) is 4.19. The van der Waals surface area contributed by atoms with E-state index < -0.39 is 10.3 Å². The molecule has 0 aromatic heterocycles. The first-order valence-corrected chi connectivity index (χ1v) is 7.66. The van der Waals surface area contributed by atoms with Crippen LogP contribution in [0.2, 0.25) is 0 Å². The molecule has 0 spiro atoms. The molecule has 23 heavy (non-hydrogen) atoms. The molecule has 1 aromatic carbocycles. The van der Waals surface area contributed by atoms with Gasteiger partial charge in [-0.1, -0.05) is 0 Å². The second-order valence-corrected chi connectivity index (χ2v) is 5.92. The molecule has 1 unspecified atom stereocenters. The quantitative estimate of drug-likeness (QED) is 0.471. The van der Waals surface area contributed by atoms with E-state index in [9.17, 15) is 14.9 Å². The number of anilines is 1. The molecule has 0 amide bonds. The summed E-state index contributed by atoms with van der Waals surface area (Å²) in [4.78, 5) is 24.8. The predicted molar refractivity (Wildman–Crippen MR) is 85.8 cm³/mol. The number of methoxy groups -OCH3 is 1. The fraction of sp³-hybridized carbons (Fsp3) is 0.562. The van der Waals surface area contributed by atoms with Crippen molar-refractivity contribution >= 4 is 17.3 Å². The maximum Gasteiger partial charge on any atom is 0.313 e. The molecule has 0 aliphatic carbocycles. The van der Waals surface area contributed by atoms with Crippen LogP contribution in [0.25, 0.3) is 0 Å². The second-order valence-electron chi connectivity index (χ2n) is 5.92. The van der Waals surface area contributed by atoms with Crippen LogP contribution >= 0.6 is 0 Å². The normalized spacial score (nSPS) is 20.9. The highest BCUT2D eigenvalue weighted by Gasteiger charge is 2.39. The molecule has 0 saturated carbocycles. The van der Waals surface area contributed by atoms with E-state index in [0.717, 1.165) is 25.1 Å². The third-order valence-electron chi connectivity index (χ3n) is 4.19. The van der Waals surface area contributed by atoms with E-state index in [-0.39, 0.29) is 17.4 Å². The fourth-order valence-corrected chi connectivity index (χ4v) is 2.95. The van der Waals surface area contributed by atoms with Crippen molar-refractivity contribution in [2.45, 2.75) is 26.7 Å². The average Bonchev–Trinajstić information content (AvgIpc) is 2.54. The van der Waals surface area contributed by atoms with Gasteiger partial charge in [-0.05, 0) is 32.8 Å². The molecule has 1 aromatic rings. The van der Waals surface area contributed by atoms with E-state index in [1.165, 1.54) is 13.2 Å². The lowest BCUT2D eigenvalue weighted by atomic mass is 9.81. The van der Waals surface area contributed by atoms with Gasteiger partial charge in [-0.2, -0.15) is 0 Å². The molecule has 1 fully saturated rings. The summed E-state index contributed by atoms with van der Waals surface area (Å²) < 4.78 is 10.3. The Labute approximate surface area is 135 Å². The summed E-state index contributed by atoms with van der Waals surface area (Å²) in [5.41, 5.74) is 0.174. The number of piperidine rings is 1. The number of nitrogens with zero attached hydrogens (tertiary/aromatic N) is 2. The van der Waals surface area contributed by atoms with Gasteiger partial charge in [-0.15, -0.1) is 0 Å². The Morgan fingerprint density at radius 2 is 2.22 bits per heavy atom. The molecule has 0 radical (unpaired) electrons. The van der Waals surface area contributed by atoms with E-state index in [0.29, 0.717) is 13.2 Å². The first-order chi connectivity index (χ1) is 10.9. The van der Waals surface area contributed by atoms with Crippen molar-refractivity contribution < 1.29 is 19.2 Å². The number of benzene rings is 1. The number of esters is 1. The van der Waals surface area contributed by atoms with E-state index in [1.807, 2.05) is 11.8 Å². The molecule has 0 bridgehead atoms. The van der Waals surface area contributed by atoms with Gasteiger partial charge in [0.1, 0.15) is 0 Å². The van der Waals surface area contributed by atoms with Gasteiger partial charge in [0, 0.05) is 30.9 Å². The molecule has 1 aliphatic heterocycles. The first kappa shape index (κ1) is 17.1. The molecule has 2 rings (SSSR count). The number of nitro benzene ring substituents is 1. The van der Waals surface area contributed by atoms with Crippen molar-refractivity contribution in [1.82, 2.24) is 0 Å². The van der Waals surface area contributed by atoms with Crippen LogP contribution in [0.1, 0.15) is 26.7 Å². The van der Waals surface area contributed by atoms with Crippen LogP contribution in [0.15, 0.2) is 18.2 Å². The van der Waals surface area contributed by atoms with Gasteiger partial charge in [-0.25, -0.2) is 0 Å². The van der Waals surface area contributed by atoms with E-state index >= 15 is 0 Å². The summed E-state index contributed by atoms with van der Waals surface area (Å²) >= 11 is 0. The summed E-state index contributed by atoms with van der Waals surface area (Å²) in [6.45, 7) is 5.37. The maximum atomic E-state index is 12.2. The standard InChI is InChI=1S/C16H22N2O5/c1-4-23-15(19)16(2)8-5-9-17(11-16)12-6-7-13(18(20)21)14(10-12)22-3/h6-7,10H,4-5,8-9,11H2,1-3H3. The van der Waals surface area contributed by atoms with Crippen molar-refractivity contribution in [1.29, 1.82) is 0 Å². The lowest BCUT2D eigenvalue weighted by molar-refractivity contribution is -0.385. The molecular weight excluding hydrogens is 300 g/mol. The van der Waals surface area contributed by atoms with Crippen LogP contribution in [0.4, 0.5) is 11.4 Å². The summed E-state index contributed by atoms with van der Waals surface area (Å²) in [5.74, 6) is 0.0227. The highest BCUT2D eigenvalue weighted by atomic mass is 16.6. The zero-order chi connectivity index (χ0) is 17.0. The van der Waals surface area contributed by atoms with Gasteiger partial charge in [0.25, 0.3) is 0 Å². The molecular formula is C16H22N2O5. The van der Waals surface area contributed by atoms with Crippen LogP contribution < -0.4 is 9.64 Å². The Hall–Kier alpha value is -2.31. The van der Waals surface area contributed by atoms with Gasteiger partial charge in [0.15, 0.2) is 5.75 Å². The first-order valence-electron chi connectivity index (χ1n) is 7.66. The summed E-state index contributed by atoms with van der Waals surface area (Å²) in [7, 11) is 1.41. The van der Waals surface area contributed by atoms with Gasteiger partial charge >= 0.3 is 11.7 Å². The van der Waals surface area contributed by atoms with Gasteiger partial charge in [0.05, 0.1) is 24.1 Å². The molecule has 1 heterocycles. The van der Waals surface area contributed by atoms with E-state index in [2.05, 4.69) is 0 Å². The number of nitro groups is 1. The molecule has 126 valence electrons. The van der Waals surface area contributed by atoms with Crippen LogP contribution in [-0.2, 0) is 9.53 Å². The number of hydrogen-bond donors (Lipinski definition) is 0. The molecule has 7 nitrogen and oxygen atoms in total. The average molecular weight is 322 g/mol. The topological polar surface area (TPSA) is 81.9 Å². The predicted octanol–water partition coefficient (Wildman–Crippen LogP) is 2.77. The molecule has 1 saturated heterocycles. The third kappa shape index (κ3) is 3.55. The Morgan fingerprint density at radius 3 is 2.83 bits per heavy atom. The van der Waals surface area contributed by atoms with Gasteiger partial charge in [-0.3, -0.25) is 14.9 Å². The van der Waals surface area contributed by atoms with Crippen molar-refractivity contribution in [2.24, 2.45) is 5.41 Å². The smallest absolute Gasteiger partial charge is 0.313 e. The Balaban J connectivity index is 2.24. The van der Waals surface area contributed by atoms with Crippen LogP contribution in [-0.4, -0.2) is 37.7 Å². The Kier molecular flexibility index (Phi) is 5.08. The Morgan fingerprint density at radius 1 is 1.48 bits per heavy atom. The summed E-state index contributed by atoms with van der Waals surface area (Å²) in [6.07, 6.45) is 1.63. The number of carbonyl (C=O) groups is 1. The molecule has 1 aliphatic rings. The van der Waals surface area contributed by atoms with E-state index in [1.54, 1.807) is 19.1 Å². The second kappa shape index (κ2) is 6.85. The molecule has 0 N–H and O–H groups in total. The van der Waals surface area contributed by atoms with Gasteiger partial charge < -0.3 is 14.4 Å². The number of carbonyl (C=O) groups excluding carboxylic acids is 1. The van der Waals surface area contributed by atoms with Crippen molar-refractivity contribution in [3.8, 4) is 5.75 Å². The highest BCUT2D eigenvalue weighted by Crippen LogP contribution is 2.36. The summed E-state index contributed by atoms with van der Waals surface area (Å²) in [6, 6.07) is 4.77. The number of rotatable bonds is 5. The molecule has 1 atom stereocenters. The number of ether oxygens (including phenoxy) is 2. The maximum absolute atomic E-state index is 12.2. The minimum atomic E-state index is -0.566. The summed E-state index contributed by atoms with van der Waals surface area (Å²) in [5, 5.41) is 11.0. The van der Waals surface area contributed by atoms with Crippen molar-refractivity contribution in [3.63, 3.8) is 0 Å². The minimum absolute atomic E-state index is 0.0681.